The maximum Gasteiger partial charge on any atom is 0.514 e. The molecule has 0 saturated heterocycles. The van der Waals surface area contributed by atoms with Crippen LogP contribution in [0, 0.1) is 0 Å². The van der Waals surface area contributed by atoms with Crippen molar-refractivity contribution >= 4 is 24.2 Å². The molecule has 0 amide bonds. The minimum absolute atomic E-state index is 0.0228. The highest BCUT2D eigenvalue weighted by molar-refractivity contribution is 5.76. The first kappa shape index (κ1) is 31.7. The van der Waals surface area contributed by atoms with Crippen LogP contribution in [-0.4, -0.2) is 55.2 Å². The van der Waals surface area contributed by atoms with Crippen molar-refractivity contribution in [3.63, 3.8) is 0 Å². The van der Waals surface area contributed by atoms with Crippen LogP contribution < -0.4 is 15.2 Å². The highest BCUT2D eigenvalue weighted by Crippen LogP contribution is 2.30. The molecule has 0 aliphatic heterocycles. The monoisotopic (exact) mass is 525 g/mol. The SMILES string of the molecule is CCCC(C)OC(=O)Oc1ccc(C[C@H](N)C(=O)O[C@@H](C)COC(C)=O)cc1OC(=O)OC(C)CCC. The van der Waals surface area contributed by atoms with Crippen LogP contribution in [0.3, 0.4) is 0 Å². The first-order valence-corrected chi connectivity index (χ1v) is 12.4. The van der Waals surface area contributed by atoms with E-state index in [2.05, 4.69) is 0 Å². The molecular formula is C26H39NO10. The Balaban J connectivity index is 2.98. The second-order valence-corrected chi connectivity index (χ2v) is 8.78. The van der Waals surface area contributed by atoms with Crippen LogP contribution in [0.15, 0.2) is 18.2 Å². The molecule has 2 N–H and O–H groups in total. The van der Waals surface area contributed by atoms with Crippen LogP contribution in [0.4, 0.5) is 9.59 Å². The average molecular weight is 526 g/mol. The third-order valence-electron chi connectivity index (χ3n) is 4.98. The third kappa shape index (κ3) is 13.0. The summed E-state index contributed by atoms with van der Waals surface area (Å²) in [5.41, 5.74) is 6.49. The van der Waals surface area contributed by atoms with Gasteiger partial charge < -0.3 is 34.2 Å². The fourth-order valence-electron chi connectivity index (χ4n) is 3.22. The summed E-state index contributed by atoms with van der Waals surface area (Å²) in [6.07, 6.45) is -0.368. The third-order valence-corrected chi connectivity index (χ3v) is 4.98. The van der Waals surface area contributed by atoms with Gasteiger partial charge in [0.05, 0.1) is 0 Å². The van der Waals surface area contributed by atoms with Crippen molar-refractivity contribution in [2.24, 2.45) is 5.73 Å². The molecule has 11 heteroatoms. The molecule has 0 spiro atoms. The summed E-state index contributed by atoms with van der Waals surface area (Å²) >= 11 is 0. The van der Waals surface area contributed by atoms with Crippen molar-refractivity contribution in [1.82, 2.24) is 0 Å². The summed E-state index contributed by atoms with van der Waals surface area (Å²) in [7, 11) is 0. The lowest BCUT2D eigenvalue weighted by Crippen LogP contribution is -2.37. The molecule has 1 rings (SSSR count). The smallest absolute Gasteiger partial charge is 0.462 e. The van der Waals surface area contributed by atoms with E-state index in [4.69, 9.17) is 34.2 Å². The van der Waals surface area contributed by atoms with E-state index in [-0.39, 0.29) is 36.7 Å². The van der Waals surface area contributed by atoms with Crippen molar-refractivity contribution in [2.75, 3.05) is 6.61 Å². The lowest BCUT2D eigenvalue weighted by molar-refractivity contribution is -0.157. The van der Waals surface area contributed by atoms with Gasteiger partial charge in [-0.15, -0.1) is 0 Å². The second kappa shape index (κ2) is 16.4. The molecule has 2 unspecified atom stereocenters. The van der Waals surface area contributed by atoms with Crippen molar-refractivity contribution < 1.29 is 47.6 Å². The molecule has 4 atom stereocenters. The Morgan fingerprint density at radius 3 is 1.86 bits per heavy atom. The highest BCUT2D eigenvalue weighted by Gasteiger charge is 2.22. The molecule has 0 fully saturated rings. The molecule has 0 saturated carbocycles. The Kier molecular flexibility index (Phi) is 14.1. The fourth-order valence-corrected chi connectivity index (χ4v) is 3.22. The standard InChI is InChI=1S/C26H39NO10/c1-7-9-16(3)34-25(30)36-22-12-11-20(14-23(22)37-26(31)35-17(4)10-8-2)13-21(27)24(29)33-18(5)15-32-19(6)28/h11-12,14,16-18,21H,7-10,13,15,27H2,1-6H3/t16?,17?,18-,21-/m0/s1. The van der Waals surface area contributed by atoms with E-state index in [9.17, 15) is 19.2 Å². The minimum Gasteiger partial charge on any atom is -0.462 e. The summed E-state index contributed by atoms with van der Waals surface area (Å²) < 4.78 is 31.0. The molecule has 0 aromatic heterocycles. The molecule has 208 valence electrons. The van der Waals surface area contributed by atoms with Gasteiger partial charge in [0.15, 0.2) is 11.5 Å². The molecule has 1 aromatic rings. The van der Waals surface area contributed by atoms with Gasteiger partial charge in [0.2, 0.25) is 0 Å². The van der Waals surface area contributed by atoms with Gasteiger partial charge in [-0.2, -0.15) is 0 Å². The second-order valence-electron chi connectivity index (χ2n) is 8.78. The number of carbonyl (C=O) groups excluding carboxylic acids is 4. The van der Waals surface area contributed by atoms with Gasteiger partial charge in [-0.25, -0.2) is 9.59 Å². The largest absolute Gasteiger partial charge is 0.514 e. The van der Waals surface area contributed by atoms with Crippen molar-refractivity contribution in [1.29, 1.82) is 0 Å². The Bertz CT molecular complexity index is 903. The molecule has 0 aliphatic rings. The number of benzene rings is 1. The van der Waals surface area contributed by atoms with Crippen molar-refractivity contribution in [2.45, 2.75) is 98.0 Å². The Hall–Kier alpha value is -3.34. The molecule has 11 nitrogen and oxygen atoms in total. The van der Waals surface area contributed by atoms with Crippen LogP contribution in [0.1, 0.15) is 72.8 Å². The molecule has 0 heterocycles. The zero-order chi connectivity index (χ0) is 28.0. The van der Waals surface area contributed by atoms with E-state index >= 15 is 0 Å². The lowest BCUT2D eigenvalue weighted by atomic mass is 10.1. The Labute approximate surface area is 217 Å². The molecule has 0 bridgehead atoms. The molecule has 0 radical (unpaired) electrons. The van der Waals surface area contributed by atoms with Crippen molar-refractivity contribution in [3.05, 3.63) is 23.8 Å². The molecule has 1 aromatic carbocycles. The normalized spacial score (nSPS) is 13.9. The van der Waals surface area contributed by atoms with Gasteiger partial charge in [0.1, 0.15) is 31.0 Å². The number of nitrogens with two attached hydrogens (primary N) is 1. The van der Waals surface area contributed by atoms with E-state index in [1.54, 1.807) is 26.8 Å². The van der Waals surface area contributed by atoms with Gasteiger partial charge in [0.25, 0.3) is 0 Å². The predicted octanol–water partition coefficient (Wildman–Crippen LogP) is 4.46. The summed E-state index contributed by atoms with van der Waals surface area (Å²) in [5.74, 6) is -1.36. The number of hydrogen-bond donors (Lipinski definition) is 1. The Morgan fingerprint density at radius 2 is 1.35 bits per heavy atom. The van der Waals surface area contributed by atoms with Crippen LogP contribution in [0.5, 0.6) is 11.5 Å². The van der Waals surface area contributed by atoms with Crippen LogP contribution in [0.25, 0.3) is 0 Å². The predicted molar refractivity (Wildman–Crippen MR) is 133 cm³/mol. The summed E-state index contributed by atoms with van der Waals surface area (Å²) in [6.45, 7) is 10.1. The number of esters is 2. The zero-order valence-electron chi connectivity index (χ0n) is 22.4. The van der Waals surface area contributed by atoms with Crippen molar-refractivity contribution in [3.8, 4) is 11.5 Å². The average Bonchev–Trinajstić information content (AvgIpc) is 2.79. The highest BCUT2D eigenvalue weighted by atomic mass is 16.7. The summed E-state index contributed by atoms with van der Waals surface area (Å²) in [5, 5.41) is 0. The van der Waals surface area contributed by atoms with Gasteiger partial charge >= 0.3 is 24.2 Å². The zero-order valence-corrected chi connectivity index (χ0v) is 22.4. The fraction of sp³-hybridized carbons (Fsp3) is 0.615. The van der Waals surface area contributed by atoms with Crippen LogP contribution in [-0.2, 0) is 35.0 Å². The van der Waals surface area contributed by atoms with Gasteiger partial charge in [-0.3, -0.25) is 9.59 Å². The number of rotatable bonds is 14. The van der Waals surface area contributed by atoms with Gasteiger partial charge in [-0.1, -0.05) is 32.8 Å². The van der Waals surface area contributed by atoms with Gasteiger partial charge in [0, 0.05) is 6.92 Å². The topological polar surface area (TPSA) is 150 Å². The minimum atomic E-state index is -1.06. The summed E-state index contributed by atoms with van der Waals surface area (Å²) in [6, 6.07) is 3.32. The van der Waals surface area contributed by atoms with E-state index in [0.29, 0.717) is 18.4 Å². The van der Waals surface area contributed by atoms with Crippen LogP contribution in [0.2, 0.25) is 0 Å². The molecule has 0 aliphatic carbocycles. The molecular weight excluding hydrogens is 486 g/mol. The number of carbonyl (C=O) groups is 4. The summed E-state index contributed by atoms with van der Waals surface area (Å²) in [4.78, 5) is 47.8. The van der Waals surface area contributed by atoms with Crippen LogP contribution >= 0.6 is 0 Å². The first-order chi connectivity index (χ1) is 17.4. The number of ether oxygens (including phenoxy) is 6. The molecule has 37 heavy (non-hydrogen) atoms. The Morgan fingerprint density at radius 1 is 0.811 bits per heavy atom. The lowest BCUT2D eigenvalue weighted by Gasteiger charge is -2.18. The number of hydrogen-bond acceptors (Lipinski definition) is 11. The van der Waals surface area contributed by atoms with E-state index in [1.807, 2.05) is 13.8 Å². The maximum absolute atomic E-state index is 12.3. The first-order valence-electron chi connectivity index (χ1n) is 12.4. The van der Waals surface area contributed by atoms with E-state index < -0.39 is 36.4 Å². The van der Waals surface area contributed by atoms with Gasteiger partial charge in [-0.05, 0) is 57.7 Å². The quantitative estimate of drug-likeness (QED) is 0.208. The maximum atomic E-state index is 12.3. The van der Waals surface area contributed by atoms with E-state index in [0.717, 1.165) is 12.8 Å². The van der Waals surface area contributed by atoms with E-state index in [1.165, 1.54) is 19.1 Å².